The molecule has 4 N–H and O–H groups in total. The van der Waals surface area contributed by atoms with Crippen molar-refractivity contribution in [2.75, 3.05) is 0 Å². The second-order valence-corrected chi connectivity index (χ2v) is 9.74. The van der Waals surface area contributed by atoms with Gasteiger partial charge in [0.25, 0.3) is 11.8 Å². The Balaban J connectivity index is 1.42. The van der Waals surface area contributed by atoms with Crippen molar-refractivity contribution in [1.29, 1.82) is 0 Å². The molecule has 0 atom stereocenters. The minimum absolute atomic E-state index is 0.0520. The van der Waals surface area contributed by atoms with Crippen molar-refractivity contribution in [3.63, 3.8) is 0 Å². The molecule has 1 heterocycles. The average molecular weight is 477 g/mol. The Hall–Kier alpha value is -3.95. The fraction of sp³-hybridized carbons (Fsp3) is 0.120. The molecule has 0 bridgehead atoms. The predicted molar refractivity (Wildman–Crippen MR) is 130 cm³/mol. The van der Waals surface area contributed by atoms with Crippen LogP contribution in [0.5, 0.6) is 0 Å². The van der Waals surface area contributed by atoms with E-state index >= 15 is 0 Å². The van der Waals surface area contributed by atoms with Crippen molar-refractivity contribution in [3.8, 4) is 0 Å². The standard InChI is InChI=1S/C25H24N4O4S/c1-16-11-17(2)21-14-23(27-22(21)12-16)25(31)29-28-24(30)19-9-6-10-20(13-19)34(32,33)26-15-18-7-4-3-5-8-18/h3-14,26-27H,15H2,1-2H3,(H,28,30)(H,29,31). The fourth-order valence-electron chi connectivity index (χ4n) is 3.64. The van der Waals surface area contributed by atoms with Crippen LogP contribution in [0.25, 0.3) is 10.9 Å². The molecular weight excluding hydrogens is 452 g/mol. The van der Waals surface area contributed by atoms with Crippen molar-refractivity contribution < 1.29 is 18.0 Å². The molecule has 0 spiro atoms. The Labute approximate surface area is 197 Å². The highest BCUT2D eigenvalue weighted by molar-refractivity contribution is 7.89. The van der Waals surface area contributed by atoms with Crippen LogP contribution in [0, 0.1) is 13.8 Å². The maximum absolute atomic E-state index is 12.7. The van der Waals surface area contributed by atoms with Gasteiger partial charge >= 0.3 is 0 Å². The number of benzene rings is 3. The maximum Gasteiger partial charge on any atom is 0.286 e. The number of hydrogen-bond acceptors (Lipinski definition) is 4. The first-order chi connectivity index (χ1) is 16.2. The van der Waals surface area contributed by atoms with Crippen LogP contribution in [0.15, 0.2) is 77.7 Å². The van der Waals surface area contributed by atoms with Crippen LogP contribution in [0.2, 0.25) is 0 Å². The van der Waals surface area contributed by atoms with Crippen LogP contribution in [0.1, 0.15) is 37.5 Å². The van der Waals surface area contributed by atoms with E-state index in [0.717, 1.165) is 27.6 Å². The smallest absolute Gasteiger partial charge is 0.286 e. The van der Waals surface area contributed by atoms with Gasteiger partial charge in [-0.05, 0) is 60.9 Å². The molecule has 0 aliphatic carbocycles. The molecule has 0 unspecified atom stereocenters. The molecule has 0 radical (unpaired) electrons. The summed E-state index contributed by atoms with van der Waals surface area (Å²) in [6, 6.07) is 20.4. The van der Waals surface area contributed by atoms with Crippen molar-refractivity contribution in [1.82, 2.24) is 20.6 Å². The van der Waals surface area contributed by atoms with Gasteiger partial charge in [0.2, 0.25) is 10.0 Å². The van der Waals surface area contributed by atoms with Crippen LogP contribution in [0.3, 0.4) is 0 Å². The number of aromatic nitrogens is 1. The first kappa shape index (κ1) is 23.2. The molecule has 1 aromatic heterocycles. The van der Waals surface area contributed by atoms with Gasteiger partial charge in [-0.1, -0.05) is 42.5 Å². The number of hydrogen-bond donors (Lipinski definition) is 4. The molecule has 9 heteroatoms. The number of nitrogens with one attached hydrogen (secondary N) is 4. The number of sulfonamides is 1. The largest absolute Gasteiger partial charge is 0.350 e. The van der Waals surface area contributed by atoms with Gasteiger partial charge in [0, 0.05) is 23.0 Å². The summed E-state index contributed by atoms with van der Waals surface area (Å²) >= 11 is 0. The highest BCUT2D eigenvalue weighted by Gasteiger charge is 2.17. The second kappa shape index (κ2) is 9.50. The molecule has 0 aliphatic heterocycles. The first-order valence-corrected chi connectivity index (χ1v) is 12.1. The number of rotatable bonds is 6. The quantitative estimate of drug-likeness (QED) is 0.319. The zero-order valence-electron chi connectivity index (χ0n) is 18.7. The number of hydrazine groups is 1. The summed E-state index contributed by atoms with van der Waals surface area (Å²) in [5, 5.41) is 0.919. The number of amides is 2. The first-order valence-electron chi connectivity index (χ1n) is 10.6. The number of aryl methyl sites for hydroxylation is 2. The Bertz CT molecular complexity index is 1480. The normalized spacial score (nSPS) is 11.4. The summed E-state index contributed by atoms with van der Waals surface area (Å²) in [6.45, 7) is 4.06. The molecule has 0 saturated heterocycles. The van der Waals surface area contributed by atoms with Gasteiger partial charge in [0.15, 0.2) is 0 Å². The monoisotopic (exact) mass is 476 g/mol. The Morgan fingerprint density at radius 3 is 2.35 bits per heavy atom. The van der Waals surface area contributed by atoms with Gasteiger partial charge in [-0.3, -0.25) is 20.4 Å². The fourth-order valence-corrected chi connectivity index (χ4v) is 4.70. The maximum atomic E-state index is 12.7. The lowest BCUT2D eigenvalue weighted by Gasteiger charge is -2.10. The molecule has 0 saturated carbocycles. The molecule has 174 valence electrons. The van der Waals surface area contributed by atoms with Gasteiger partial charge in [-0.2, -0.15) is 0 Å². The summed E-state index contributed by atoms with van der Waals surface area (Å²) < 4.78 is 27.8. The minimum atomic E-state index is -3.83. The average Bonchev–Trinajstić information content (AvgIpc) is 3.26. The molecule has 8 nitrogen and oxygen atoms in total. The van der Waals surface area contributed by atoms with E-state index in [0.29, 0.717) is 5.69 Å². The van der Waals surface area contributed by atoms with Crippen molar-refractivity contribution in [2.45, 2.75) is 25.3 Å². The molecule has 4 aromatic rings. The highest BCUT2D eigenvalue weighted by Crippen LogP contribution is 2.21. The molecule has 3 aromatic carbocycles. The highest BCUT2D eigenvalue weighted by atomic mass is 32.2. The molecule has 34 heavy (non-hydrogen) atoms. The third-order valence-electron chi connectivity index (χ3n) is 5.34. The van der Waals surface area contributed by atoms with Crippen LogP contribution in [0.4, 0.5) is 0 Å². The van der Waals surface area contributed by atoms with Crippen LogP contribution < -0.4 is 15.6 Å². The number of carbonyl (C=O) groups is 2. The molecule has 0 aliphatic rings. The van der Waals surface area contributed by atoms with Crippen molar-refractivity contribution >= 4 is 32.7 Å². The Morgan fingerprint density at radius 1 is 0.853 bits per heavy atom. The lowest BCUT2D eigenvalue weighted by atomic mass is 10.1. The molecular formula is C25H24N4O4S. The molecule has 0 fully saturated rings. The van der Waals surface area contributed by atoms with E-state index in [2.05, 4.69) is 20.6 Å². The van der Waals surface area contributed by atoms with E-state index in [1.807, 2.05) is 56.3 Å². The summed E-state index contributed by atoms with van der Waals surface area (Å²) in [5.74, 6) is -1.16. The predicted octanol–water partition coefficient (Wildman–Crippen LogP) is 3.34. The van der Waals surface area contributed by atoms with Crippen LogP contribution >= 0.6 is 0 Å². The van der Waals surface area contributed by atoms with E-state index in [-0.39, 0.29) is 17.0 Å². The van der Waals surface area contributed by atoms with Crippen LogP contribution in [-0.4, -0.2) is 25.2 Å². The lowest BCUT2D eigenvalue weighted by Crippen LogP contribution is -2.41. The van der Waals surface area contributed by atoms with Gasteiger partial charge in [-0.25, -0.2) is 13.1 Å². The zero-order valence-corrected chi connectivity index (χ0v) is 19.5. The van der Waals surface area contributed by atoms with Gasteiger partial charge in [0.05, 0.1) is 4.90 Å². The SMILES string of the molecule is Cc1cc(C)c2cc(C(=O)NNC(=O)c3cccc(S(=O)(=O)NCc4ccccc4)c3)[nH]c2c1. The van der Waals surface area contributed by atoms with E-state index in [1.54, 1.807) is 6.07 Å². The summed E-state index contributed by atoms with van der Waals surface area (Å²) in [6.07, 6.45) is 0. The van der Waals surface area contributed by atoms with Crippen molar-refractivity contribution in [3.05, 3.63) is 101 Å². The van der Waals surface area contributed by atoms with E-state index in [1.165, 1.54) is 24.3 Å². The third kappa shape index (κ3) is 5.16. The summed E-state index contributed by atoms with van der Waals surface area (Å²) in [5.41, 5.74) is 8.82. The number of fused-ring (bicyclic) bond motifs is 1. The zero-order chi connectivity index (χ0) is 24.3. The Kier molecular flexibility index (Phi) is 6.49. The third-order valence-corrected chi connectivity index (χ3v) is 6.74. The molecule has 4 rings (SSSR count). The summed E-state index contributed by atoms with van der Waals surface area (Å²) in [4.78, 5) is 28.1. The number of H-pyrrole nitrogens is 1. The van der Waals surface area contributed by atoms with Gasteiger partial charge in [-0.15, -0.1) is 0 Å². The van der Waals surface area contributed by atoms with E-state index in [4.69, 9.17) is 0 Å². The Morgan fingerprint density at radius 2 is 1.59 bits per heavy atom. The number of carbonyl (C=O) groups excluding carboxylic acids is 2. The number of aromatic amines is 1. The van der Waals surface area contributed by atoms with Gasteiger partial charge in [0.1, 0.15) is 5.69 Å². The van der Waals surface area contributed by atoms with E-state index in [9.17, 15) is 18.0 Å². The second-order valence-electron chi connectivity index (χ2n) is 7.97. The van der Waals surface area contributed by atoms with Crippen LogP contribution in [-0.2, 0) is 16.6 Å². The minimum Gasteiger partial charge on any atom is -0.350 e. The molecule has 2 amide bonds. The summed E-state index contributed by atoms with van der Waals surface area (Å²) in [7, 11) is -3.83. The van der Waals surface area contributed by atoms with Gasteiger partial charge < -0.3 is 4.98 Å². The van der Waals surface area contributed by atoms with Crippen molar-refractivity contribution in [2.24, 2.45) is 0 Å². The van der Waals surface area contributed by atoms with E-state index < -0.39 is 21.8 Å². The lowest BCUT2D eigenvalue weighted by molar-refractivity contribution is 0.0844. The topological polar surface area (TPSA) is 120 Å².